The number of nitrogens with zero attached hydrogens (tertiary/aromatic N) is 1. The minimum atomic E-state index is -0.824. The van der Waals surface area contributed by atoms with Gasteiger partial charge in [-0.05, 0) is 19.3 Å². The van der Waals surface area contributed by atoms with Gasteiger partial charge in [-0.15, -0.1) is 11.6 Å². The molecule has 1 aliphatic heterocycles. The van der Waals surface area contributed by atoms with Crippen LogP contribution in [-0.4, -0.2) is 52.5 Å². The normalized spacial score (nSPS) is 17.8. The summed E-state index contributed by atoms with van der Waals surface area (Å²) in [5.74, 6) is -1.21. The van der Waals surface area contributed by atoms with E-state index in [1.807, 2.05) is 20.8 Å². The molecular formula is C17H28ClN3O4. The van der Waals surface area contributed by atoms with Gasteiger partial charge in [0.1, 0.15) is 5.38 Å². The number of rotatable bonds is 10. The van der Waals surface area contributed by atoms with Crippen LogP contribution >= 0.6 is 11.6 Å². The summed E-state index contributed by atoms with van der Waals surface area (Å²) in [5, 5.41) is 4.86. The molecule has 1 aliphatic rings. The zero-order chi connectivity index (χ0) is 19.0. The third-order valence-corrected chi connectivity index (χ3v) is 5.20. The quantitative estimate of drug-likeness (QED) is 0.446. The molecule has 1 saturated heterocycles. The third-order valence-electron chi connectivity index (χ3n) is 4.86. The Morgan fingerprint density at radius 3 is 2.20 bits per heavy atom. The second kappa shape index (κ2) is 9.75. The van der Waals surface area contributed by atoms with Gasteiger partial charge >= 0.3 is 0 Å². The third kappa shape index (κ3) is 5.99. The zero-order valence-corrected chi connectivity index (χ0v) is 15.9. The number of amides is 4. The maximum Gasteiger partial charge on any atom is 0.247 e. The number of imide groups is 1. The van der Waals surface area contributed by atoms with Crippen molar-refractivity contribution in [2.75, 3.05) is 13.1 Å². The number of carbonyl (C=O) groups is 4. The van der Waals surface area contributed by atoms with Crippen LogP contribution in [-0.2, 0) is 19.2 Å². The molecule has 0 aromatic heterocycles. The maximum absolute atomic E-state index is 12.0. The van der Waals surface area contributed by atoms with Crippen molar-refractivity contribution in [1.82, 2.24) is 15.5 Å². The van der Waals surface area contributed by atoms with Crippen molar-refractivity contribution in [3.05, 3.63) is 0 Å². The number of hydrogen-bond acceptors (Lipinski definition) is 4. The summed E-state index contributed by atoms with van der Waals surface area (Å²) in [4.78, 5) is 48.1. The van der Waals surface area contributed by atoms with E-state index in [-0.39, 0.29) is 55.6 Å². The van der Waals surface area contributed by atoms with Gasteiger partial charge in [0.2, 0.25) is 23.6 Å². The Bertz CT molecular complexity index is 512. The molecule has 0 spiro atoms. The van der Waals surface area contributed by atoms with E-state index < -0.39 is 11.3 Å². The number of likely N-dealkylation sites (tertiary alicyclic amines) is 1. The smallest absolute Gasteiger partial charge is 0.247 e. The molecule has 142 valence electrons. The fourth-order valence-electron chi connectivity index (χ4n) is 2.87. The molecule has 1 atom stereocenters. The lowest BCUT2D eigenvalue weighted by Crippen LogP contribution is -2.47. The van der Waals surface area contributed by atoms with Gasteiger partial charge in [-0.3, -0.25) is 24.1 Å². The monoisotopic (exact) mass is 373 g/mol. The van der Waals surface area contributed by atoms with Crippen LogP contribution in [0.2, 0.25) is 0 Å². The van der Waals surface area contributed by atoms with Crippen molar-refractivity contribution >= 4 is 35.2 Å². The zero-order valence-electron chi connectivity index (χ0n) is 15.2. The van der Waals surface area contributed by atoms with Crippen molar-refractivity contribution < 1.29 is 19.2 Å². The molecule has 0 saturated carbocycles. The predicted molar refractivity (Wildman–Crippen MR) is 95.0 cm³/mol. The van der Waals surface area contributed by atoms with E-state index >= 15 is 0 Å². The van der Waals surface area contributed by atoms with E-state index in [9.17, 15) is 19.2 Å². The van der Waals surface area contributed by atoms with Gasteiger partial charge in [0.25, 0.3) is 0 Å². The molecule has 0 bridgehead atoms. The lowest BCUT2D eigenvalue weighted by Gasteiger charge is -2.31. The van der Waals surface area contributed by atoms with Crippen molar-refractivity contribution in [2.24, 2.45) is 0 Å². The summed E-state index contributed by atoms with van der Waals surface area (Å²) in [5.41, 5.74) is -0.185. The molecule has 0 aromatic carbocycles. The van der Waals surface area contributed by atoms with Crippen LogP contribution < -0.4 is 10.6 Å². The van der Waals surface area contributed by atoms with Gasteiger partial charge in [0.05, 0.1) is 6.42 Å². The molecule has 7 nitrogen and oxygen atoms in total. The van der Waals surface area contributed by atoms with Crippen molar-refractivity contribution in [3.8, 4) is 0 Å². The van der Waals surface area contributed by atoms with E-state index in [0.717, 1.165) is 24.2 Å². The lowest BCUT2D eigenvalue weighted by atomic mass is 9.89. The summed E-state index contributed by atoms with van der Waals surface area (Å²) < 4.78 is 0. The first-order chi connectivity index (χ1) is 11.8. The molecule has 0 aliphatic carbocycles. The molecule has 0 radical (unpaired) electrons. The molecule has 1 heterocycles. The number of alkyl halides is 1. The maximum atomic E-state index is 12.0. The van der Waals surface area contributed by atoms with E-state index in [0.29, 0.717) is 0 Å². The van der Waals surface area contributed by atoms with Crippen molar-refractivity contribution in [3.63, 3.8) is 0 Å². The molecule has 1 unspecified atom stereocenters. The topological polar surface area (TPSA) is 95.6 Å². The Labute approximate surface area is 153 Å². The fourth-order valence-corrected chi connectivity index (χ4v) is 3.12. The van der Waals surface area contributed by atoms with Gasteiger partial charge in [0, 0.05) is 31.5 Å². The number of hydrogen-bond donors (Lipinski definition) is 2. The van der Waals surface area contributed by atoms with E-state index in [2.05, 4.69) is 10.6 Å². The highest BCUT2D eigenvalue weighted by atomic mass is 35.5. The number of carbonyl (C=O) groups excluding carboxylic acids is 4. The Morgan fingerprint density at radius 1 is 1.12 bits per heavy atom. The first kappa shape index (κ1) is 21.4. The Hall–Kier alpha value is -1.63. The highest BCUT2D eigenvalue weighted by Gasteiger charge is 2.37. The largest absolute Gasteiger partial charge is 0.356 e. The molecule has 1 rings (SSSR count). The molecular weight excluding hydrogens is 346 g/mol. The highest BCUT2D eigenvalue weighted by molar-refractivity contribution is 6.35. The van der Waals surface area contributed by atoms with Gasteiger partial charge < -0.3 is 10.6 Å². The van der Waals surface area contributed by atoms with Crippen LogP contribution in [0.4, 0.5) is 0 Å². The Balaban J connectivity index is 2.29. The highest BCUT2D eigenvalue weighted by Crippen LogP contribution is 2.19. The SMILES string of the molecule is CCC(CC)(CC)NC(=O)CCNC(=O)CCN1C(=O)CC(Cl)C1=O. The second-order valence-corrected chi connectivity index (χ2v) is 6.82. The molecule has 0 aromatic rings. The average Bonchev–Trinajstić information content (AvgIpc) is 2.83. The minimum absolute atomic E-state index is 0.00548. The number of halogens is 1. The first-order valence-electron chi connectivity index (χ1n) is 8.84. The van der Waals surface area contributed by atoms with Crippen LogP contribution in [0.25, 0.3) is 0 Å². The fraction of sp³-hybridized carbons (Fsp3) is 0.765. The van der Waals surface area contributed by atoms with E-state index in [1.54, 1.807) is 0 Å². The van der Waals surface area contributed by atoms with Gasteiger partial charge in [-0.1, -0.05) is 20.8 Å². The summed E-state index contributed by atoms with van der Waals surface area (Å²) in [6.45, 7) is 6.37. The van der Waals surface area contributed by atoms with Crippen molar-refractivity contribution in [2.45, 2.75) is 70.2 Å². The summed E-state index contributed by atoms with van der Waals surface area (Å²) in [6.07, 6.45) is 2.76. The minimum Gasteiger partial charge on any atom is -0.356 e. The van der Waals surface area contributed by atoms with Crippen molar-refractivity contribution in [1.29, 1.82) is 0 Å². The molecule has 2 N–H and O–H groups in total. The predicted octanol–water partition coefficient (Wildman–Crippen LogP) is 1.33. The van der Waals surface area contributed by atoms with E-state index in [1.165, 1.54) is 0 Å². The first-order valence-corrected chi connectivity index (χ1v) is 9.28. The standard InChI is InChI=1S/C17H28ClN3O4/c1-4-17(5-2,6-3)20-14(23)7-9-19-13(22)8-10-21-15(24)11-12(18)16(21)25/h12H,4-11H2,1-3H3,(H,19,22)(H,20,23). The molecule has 8 heteroatoms. The lowest BCUT2D eigenvalue weighted by molar-refractivity contribution is -0.138. The molecule has 25 heavy (non-hydrogen) atoms. The second-order valence-electron chi connectivity index (χ2n) is 6.29. The summed E-state index contributed by atoms with van der Waals surface area (Å²) in [6, 6.07) is 0. The van der Waals surface area contributed by atoms with Gasteiger partial charge in [-0.2, -0.15) is 0 Å². The van der Waals surface area contributed by atoms with Crippen LogP contribution in [0.15, 0.2) is 0 Å². The Morgan fingerprint density at radius 2 is 1.72 bits per heavy atom. The molecule has 4 amide bonds. The summed E-state index contributed by atoms with van der Waals surface area (Å²) in [7, 11) is 0. The van der Waals surface area contributed by atoms with Crippen LogP contribution in [0, 0.1) is 0 Å². The molecule has 1 fully saturated rings. The average molecular weight is 374 g/mol. The van der Waals surface area contributed by atoms with Crippen LogP contribution in [0.3, 0.4) is 0 Å². The number of nitrogens with one attached hydrogen (secondary N) is 2. The van der Waals surface area contributed by atoms with Gasteiger partial charge in [0.15, 0.2) is 0 Å². The Kier molecular flexibility index (Phi) is 8.35. The van der Waals surface area contributed by atoms with Gasteiger partial charge in [-0.25, -0.2) is 0 Å². The van der Waals surface area contributed by atoms with E-state index in [4.69, 9.17) is 11.6 Å². The van der Waals surface area contributed by atoms with Crippen LogP contribution in [0.1, 0.15) is 59.3 Å². The summed E-state index contributed by atoms with van der Waals surface area (Å²) >= 11 is 5.72. The van der Waals surface area contributed by atoms with Crippen LogP contribution in [0.5, 0.6) is 0 Å².